The summed E-state index contributed by atoms with van der Waals surface area (Å²) >= 11 is 5.81. The first kappa shape index (κ1) is 21.2. The van der Waals surface area contributed by atoms with Gasteiger partial charge in [-0.15, -0.1) is 12.4 Å². The maximum atomic E-state index is 12.4. The van der Waals surface area contributed by atoms with E-state index in [1.165, 1.54) is 0 Å². The molecular weight excluding hydrogens is 367 g/mol. The highest BCUT2D eigenvalue weighted by Gasteiger charge is 2.38. The molecule has 1 saturated heterocycles. The van der Waals surface area contributed by atoms with E-state index >= 15 is 0 Å². The van der Waals surface area contributed by atoms with Gasteiger partial charge in [-0.25, -0.2) is 9.69 Å². The number of urea groups is 1. The van der Waals surface area contributed by atoms with Gasteiger partial charge in [-0.1, -0.05) is 18.5 Å². The van der Waals surface area contributed by atoms with Crippen molar-refractivity contribution in [2.75, 3.05) is 24.5 Å². The lowest BCUT2D eigenvalue weighted by molar-refractivity contribution is -0.121. The van der Waals surface area contributed by atoms with Gasteiger partial charge in [0.05, 0.1) is 5.69 Å². The Morgan fingerprint density at radius 2 is 1.92 bits per heavy atom. The number of halogens is 2. The molecule has 0 saturated carbocycles. The molecule has 2 rings (SSSR count). The molecule has 1 fully saturated rings. The maximum absolute atomic E-state index is 12.4. The molecule has 138 valence electrons. The molecule has 0 bridgehead atoms. The third-order valence-electron chi connectivity index (χ3n) is 3.64. The zero-order valence-corrected chi connectivity index (χ0v) is 15.5. The molecule has 1 heterocycles. The molecule has 3 N–H and O–H groups in total. The van der Waals surface area contributed by atoms with Crippen LogP contribution in [-0.4, -0.2) is 43.5 Å². The molecule has 9 heteroatoms. The van der Waals surface area contributed by atoms with Crippen LogP contribution in [0.25, 0.3) is 0 Å². The van der Waals surface area contributed by atoms with Gasteiger partial charge in [0, 0.05) is 24.5 Å². The van der Waals surface area contributed by atoms with E-state index in [1.54, 1.807) is 24.3 Å². The number of hydrogen-bond donors (Lipinski definition) is 3. The predicted octanol–water partition coefficient (Wildman–Crippen LogP) is 1.69. The number of nitrogens with one attached hydrogen (secondary N) is 3. The summed E-state index contributed by atoms with van der Waals surface area (Å²) in [6, 6.07) is 5.27. The fourth-order valence-electron chi connectivity index (χ4n) is 2.39. The number of rotatable bonds is 8. The van der Waals surface area contributed by atoms with Crippen molar-refractivity contribution in [3.63, 3.8) is 0 Å². The van der Waals surface area contributed by atoms with E-state index in [9.17, 15) is 14.4 Å². The number of imide groups is 1. The molecule has 1 aromatic carbocycles. The summed E-state index contributed by atoms with van der Waals surface area (Å²) in [5.74, 6) is -0.498. The average molecular weight is 389 g/mol. The van der Waals surface area contributed by atoms with Gasteiger partial charge in [0.15, 0.2) is 0 Å². The van der Waals surface area contributed by atoms with Crippen LogP contribution in [0.2, 0.25) is 5.02 Å². The molecule has 1 aliphatic rings. The second-order valence-electron chi connectivity index (χ2n) is 5.39. The van der Waals surface area contributed by atoms with Gasteiger partial charge in [-0.3, -0.25) is 9.59 Å². The Kier molecular flexibility index (Phi) is 8.68. The molecule has 25 heavy (non-hydrogen) atoms. The number of likely N-dealkylation sites (N-methyl/N-ethyl adjacent to an activating group) is 1. The number of nitrogens with zero attached hydrogens (tertiary/aromatic N) is 1. The number of anilines is 1. The van der Waals surface area contributed by atoms with Gasteiger partial charge in [0.1, 0.15) is 6.04 Å². The van der Waals surface area contributed by atoms with Crippen LogP contribution in [0.5, 0.6) is 0 Å². The molecule has 0 spiro atoms. The number of carbonyl (C=O) groups is 3. The minimum atomic E-state index is -0.687. The number of hydrogen-bond acceptors (Lipinski definition) is 4. The lowest BCUT2D eigenvalue weighted by Crippen LogP contribution is -2.34. The largest absolute Gasteiger partial charge is 0.355 e. The third-order valence-corrected chi connectivity index (χ3v) is 3.89. The molecule has 1 unspecified atom stereocenters. The highest BCUT2D eigenvalue weighted by molar-refractivity contribution is 6.30. The highest BCUT2D eigenvalue weighted by Crippen LogP contribution is 2.22. The Bertz CT molecular complexity index is 610. The quantitative estimate of drug-likeness (QED) is 0.466. The fourth-order valence-corrected chi connectivity index (χ4v) is 2.52. The second kappa shape index (κ2) is 10.2. The SMILES string of the molecule is CCNCCNC(=O)CCC1NC(=O)N(c2ccc(Cl)cc2)C1=O.Cl. The zero-order valence-electron chi connectivity index (χ0n) is 13.9. The third kappa shape index (κ3) is 5.88. The van der Waals surface area contributed by atoms with E-state index < -0.39 is 12.1 Å². The van der Waals surface area contributed by atoms with E-state index in [1.807, 2.05) is 6.92 Å². The van der Waals surface area contributed by atoms with Crippen molar-refractivity contribution in [3.8, 4) is 0 Å². The topological polar surface area (TPSA) is 90.5 Å². The summed E-state index contributed by atoms with van der Waals surface area (Å²) in [5.41, 5.74) is 0.458. The van der Waals surface area contributed by atoms with Crippen molar-refractivity contribution < 1.29 is 14.4 Å². The van der Waals surface area contributed by atoms with Gasteiger partial charge in [-0.05, 0) is 37.2 Å². The van der Waals surface area contributed by atoms with Gasteiger partial charge in [0.2, 0.25) is 5.91 Å². The van der Waals surface area contributed by atoms with Crippen molar-refractivity contribution in [2.24, 2.45) is 0 Å². The van der Waals surface area contributed by atoms with Gasteiger partial charge < -0.3 is 16.0 Å². The maximum Gasteiger partial charge on any atom is 0.329 e. The summed E-state index contributed by atoms with van der Waals surface area (Å²) in [4.78, 5) is 37.2. The first-order valence-corrected chi connectivity index (χ1v) is 8.28. The van der Waals surface area contributed by atoms with Crippen molar-refractivity contribution >= 4 is 47.5 Å². The molecule has 4 amide bonds. The first-order valence-electron chi connectivity index (χ1n) is 7.90. The minimum Gasteiger partial charge on any atom is -0.355 e. The lowest BCUT2D eigenvalue weighted by Gasteiger charge is -2.13. The van der Waals surface area contributed by atoms with Crippen molar-refractivity contribution in [1.82, 2.24) is 16.0 Å². The Morgan fingerprint density at radius 3 is 2.56 bits per heavy atom. The second-order valence-corrected chi connectivity index (χ2v) is 5.83. The number of carbonyl (C=O) groups excluding carboxylic acids is 3. The highest BCUT2D eigenvalue weighted by atomic mass is 35.5. The van der Waals surface area contributed by atoms with Crippen molar-refractivity contribution in [1.29, 1.82) is 0 Å². The Morgan fingerprint density at radius 1 is 1.24 bits per heavy atom. The first-order chi connectivity index (χ1) is 11.5. The summed E-state index contributed by atoms with van der Waals surface area (Å²) in [6.45, 7) is 4.07. The molecular formula is C16H22Cl2N4O3. The van der Waals surface area contributed by atoms with E-state index in [4.69, 9.17) is 11.6 Å². The molecule has 0 radical (unpaired) electrons. The molecule has 1 atom stereocenters. The smallest absolute Gasteiger partial charge is 0.329 e. The van der Waals surface area contributed by atoms with Crippen LogP contribution >= 0.6 is 24.0 Å². The van der Waals surface area contributed by atoms with Gasteiger partial charge >= 0.3 is 6.03 Å². The predicted molar refractivity (Wildman–Crippen MR) is 99.3 cm³/mol. The van der Waals surface area contributed by atoms with Crippen molar-refractivity contribution in [3.05, 3.63) is 29.3 Å². The Labute approximate surface area is 157 Å². The lowest BCUT2D eigenvalue weighted by atomic mass is 10.1. The van der Waals surface area contributed by atoms with E-state index in [0.717, 1.165) is 11.4 Å². The summed E-state index contributed by atoms with van der Waals surface area (Å²) in [7, 11) is 0. The van der Waals surface area contributed by atoms with Crippen LogP contribution in [0.15, 0.2) is 24.3 Å². The van der Waals surface area contributed by atoms with E-state index in [0.29, 0.717) is 23.8 Å². The summed E-state index contributed by atoms with van der Waals surface area (Å²) in [6.07, 6.45) is 0.443. The van der Waals surface area contributed by atoms with E-state index in [2.05, 4.69) is 16.0 Å². The molecule has 0 aromatic heterocycles. The molecule has 1 aromatic rings. The summed E-state index contributed by atoms with van der Waals surface area (Å²) in [5, 5.41) is 9.00. The number of amides is 4. The van der Waals surface area contributed by atoms with Crippen LogP contribution in [0.4, 0.5) is 10.5 Å². The normalized spacial score (nSPS) is 16.4. The van der Waals surface area contributed by atoms with Crippen LogP contribution in [0, 0.1) is 0 Å². The van der Waals surface area contributed by atoms with Crippen LogP contribution in [0.1, 0.15) is 19.8 Å². The average Bonchev–Trinajstić information content (AvgIpc) is 2.85. The van der Waals surface area contributed by atoms with Gasteiger partial charge in [-0.2, -0.15) is 0 Å². The number of benzene rings is 1. The zero-order chi connectivity index (χ0) is 17.5. The van der Waals surface area contributed by atoms with E-state index in [-0.39, 0.29) is 37.1 Å². The Hall–Kier alpha value is -1.83. The van der Waals surface area contributed by atoms with Gasteiger partial charge in [0.25, 0.3) is 5.91 Å². The Balaban J connectivity index is 0.00000312. The van der Waals surface area contributed by atoms with Crippen molar-refractivity contribution in [2.45, 2.75) is 25.8 Å². The van der Waals surface area contributed by atoms with Crippen LogP contribution in [0.3, 0.4) is 0 Å². The molecule has 1 aliphatic heterocycles. The van der Waals surface area contributed by atoms with Crippen LogP contribution < -0.4 is 20.9 Å². The minimum absolute atomic E-state index is 0. The molecule has 0 aliphatic carbocycles. The summed E-state index contributed by atoms with van der Waals surface area (Å²) < 4.78 is 0. The standard InChI is InChI=1S/C16H21ClN4O3.ClH/c1-2-18-9-10-19-14(22)8-7-13-15(23)21(16(24)20-13)12-5-3-11(17)4-6-12;/h3-6,13,18H,2,7-10H2,1H3,(H,19,22)(H,20,24);1H. The van der Waals surface area contributed by atoms with Crippen LogP contribution in [-0.2, 0) is 9.59 Å². The molecule has 7 nitrogen and oxygen atoms in total. The monoisotopic (exact) mass is 388 g/mol. The fraction of sp³-hybridized carbons (Fsp3) is 0.438.